The summed E-state index contributed by atoms with van der Waals surface area (Å²) < 4.78 is 13.1. The zero-order valence-corrected chi connectivity index (χ0v) is 11.5. The third kappa shape index (κ3) is 4.05. The highest BCUT2D eigenvalue weighted by Gasteiger charge is 2.21. The molecule has 0 heterocycles. The maximum absolute atomic E-state index is 13.1. The molecule has 2 aromatic rings. The first kappa shape index (κ1) is 14.0. The normalized spacial score (nSPS) is 14.1. The fraction of sp³-hybridized carbons (Fsp3) is 0.250. The van der Waals surface area contributed by atoms with Gasteiger partial charge in [0.2, 0.25) is 0 Å². The Morgan fingerprint density at radius 1 is 1.05 bits per heavy atom. The molecule has 0 amide bonds. The second kappa shape index (κ2) is 5.72. The molecule has 0 saturated heterocycles. The van der Waals surface area contributed by atoms with Crippen molar-refractivity contribution in [2.24, 2.45) is 0 Å². The van der Waals surface area contributed by atoms with Crippen LogP contribution in [0.25, 0.3) is 0 Å². The topological polar surface area (TPSA) is 20.2 Å². The molecule has 1 N–H and O–H groups in total. The molecule has 0 aromatic heterocycles. The molecular formula is C16H16ClFO. The predicted octanol–water partition coefficient (Wildman–Crippen LogP) is 4.02. The molecule has 0 fully saturated rings. The number of aliphatic hydroxyl groups is 1. The minimum Gasteiger partial charge on any atom is -0.389 e. The van der Waals surface area contributed by atoms with Gasteiger partial charge in [-0.3, -0.25) is 0 Å². The highest BCUT2D eigenvalue weighted by Crippen LogP contribution is 2.22. The average molecular weight is 279 g/mol. The lowest BCUT2D eigenvalue weighted by atomic mass is 9.90. The van der Waals surface area contributed by atoms with Crippen LogP contribution in [-0.2, 0) is 12.8 Å². The van der Waals surface area contributed by atoms with Gasteiger partial charge in [-0.25, -0.2) is 4.39 Å². The van der Waals surface area contributed by atoms with Crippen LogP contribution in [0.3, 0.4) is 0 Å². The monoisotopic (exact) mass is 278 g/mol. The van der Waals surface area contributed by atoms with E-state index >= 15 is 0 Å². The number of hydrogen-bond acceptors (Lipinski definition) is 1. The zero-order chi connectivity index (χ0) is 13.9. The van der Waals surface area contributed by atoms with Gasteiger partial charge in [0.25, 0.3) is 0 Å². The molecular weight excluding hydrogens is 263 g/mol. The second-order valence-electron chi connectivity index (χ2n) is 5.08. The minimum atomic E-state index is -0.886. The Labute approximate surface area is 117 Å². The third-order valence-corrected chi connectivity index (χ3v) is 3.29. The van der Waals surface area contributed by atoms with Crippen LogP contribution in [0.5, 0.6) is 0 Å². The van der Waals surface area contributed by atoms with Crippen molar-refractivity contribution in [1.82, 2.24) is 0 Å². The van der Waals surface area contributed by atoms with Crippen molar-refractivity contribution >= 4 is 11.6 Å². The van der Waals surface area contributed by atoms with Crippen LogP contribution >= 0.6 is 11.6 Å². The fourth-order valence-electron chi connectivity index (χ4n) is 2.19. The molecule has 0 saturated carbocycles. The van der Waals surface area contributed by atoms with E-state index in [2.05, 4.69) is 0 Å². The number of hydrogen-bond donors (Lipinski definition) is 1. The first-order chi connectivity index (χ1) is 8.96. The highest BCUT2D eigenvalue weighted by molar-refractivity contribution is 6.30. The van der Waals surface area contributed by atoms with Crippen LogP contribution < -0.4 is 0 Å². The van der Waals surface area contributed by atoms with Gasteiger partial charge in [-0.15, -0.1) is 0 Å². The summed E-state index contributed by atoms with van der Waals surface area (Å²) in [5.74, 6) is -0.437. The van der Waals surface area contributed by atoms with Gasteiger partial charge in [-0.2, -0.15) is 0 Å². The zero-order valence-electron chi connectivity index (χ0n) is 10.7. The number of benzene rings is 2. The van der Waals surface area contributed by atoms with E-state index in [-0.39, 0.29) is 5.02 Å². The van der Waals surface area contributed by atoms with E-state index in [1.165, 1.54) is 6.07 Å². The Bertz CT molecular complexity index is 552. The van der Waals surface area contributed by atoms with Crippen LogP contribution in [-0.4, -0.2) is 10.7 Å². The van der Waals surface area contributed by atoms with Gasteiger partial charge in [-0.1, -0.05) is 48.0 Å². The first-order valence-electron chi connectivity index (χ1n) is 6.16. The van der Waals surface area contributed by atoms with E-state index < -0.39 is 11.4 Å². The fourth-order valence-corrected chi connectivity index (χ4v) is 2.39. The van der Waals surface area contributed by atoms with E-state index in [9.17, 15) is 9.50 Å². The Hall–Kier alpha value is -1.38. The minimum absolute atomic E-state index is 0.0908. The Morgan fingerprint density at radius 3 is 2.32 bits per heavy atom. The van der Waals surface area contributed by atoms with Gasteiger partial charge in [-0.05, 0) is 30.2 Å². The van der Waals surface area contributed by atoms with Crippen LogP contribution in [0.1, 0.15) is 18.1 Å². The molecule has 2 aromatic carbocycles. The van der Waals surface area contributed by atoms with Crippen molar-refractivity contribution in [3.05, 3.63) is 70.5 Å². The van der Waals surface area contributed by atoms with Crippen LogP contribution in [0.2, 0.25) is 5.02 Å². The van der Waals surface area contributed by atoms with Crippen molar-refractivity contribution in [3.8, 4) is 0 Å². The molecule has 3 heteroatoms. The van der Waals surface area contributed by atoms with Crippen molar-refractivity contribution < 1.29 is 9.50 Å². The van der Waals surface area contributed by atoms with Gasteiger partial charge in [0, 0.05) is 12.8 Å². The summed E-state index contributed by atoms with van der Waals surface area (Å²) in [6, 6.07) is 14.3. The first-order valence-corrected chi connectivity index (χ1v) is 6.54. The van der Waals surface area contributed by atoms with E-state index in [1.807, 2.05) is 30.3 Å². The van der Waals surface area contributed by atoms with Crippen molar-refractivity contribution in [2.75, 3.05) is 0 Å². The summed E-state index contributed by atoms with van der Waals surface area (Å²) in [5.41, 5.74) is 1.01. The lowest BCUT2D eigenvalue weighted by molar-refractivity contribution is 0.0608. The highest BCUT2D eigenvalue weighted by atomic mass is 35.5. The molecule has 0 radical (unpaired) electrons. The molecule has 0 bridgehead atoms. The summed E-state index contributed by atoms with van der Waals surface area (Å²) in [5, 5.41) is 10.5. The van der Waals surface area contributed by atoms with Gasteiger partial charge in [0.05, 0.1) is 10.6 Å². The standard InChI is InChI=1S/C16H16ClFO/c1-16(19,10-12-5-3-2-4-6-12)11-13-7-8-15(18)14(17)9-13/h2-9,19H,10-11H2,1H3. The summed E-state index contributed by atoms with van der Waals surface area (Å²) in [6.45, 7) is 1.78. The average Bonchev–Trinajstić information content (AvgIpc) is 2.34. The third-order valence-electron chi connectivity index (χ3n) is 3.00. The second-order valence-corrected chi connectivity index (χ2v) is 5.49. The molecule has 0 aliphatic heterocycles. The summed E-state index contributed by atoms with van der Waals surface area (Å²) >= 11 is 5.75. The largest absolute Gasteiger partial charge is 0.389 e. The quantitative estimate of drug-likeness (QED) is 0.896. The smallest absolute Gasteiger partial charge is 0.141 e. The lowest BCUT2D eigenvalue weighted by Gasteiger charge is -2.23. The van der Waals surface area contributed by atoms with Crippen molar-refractivity contribution in [3.63, 3.8) is 0 Å². The number of rotatable bonds is 4. The van der Waals surface area contributed by atoms with Crippen molar-refractivity contribution in [2.45, 2.75) is 25.4 Å². The molecule has 0 aliphatic carbocycles. The molecule has 0 spiro atoms. The van der Waals surface area contributed by atoms with E-state index in [4.69, 9.17) is 11.6 Å². The van der Waals surface area contributed by atoms with Crippen LogP contribution in [0, 0.1) is 5.82 Å². The summed E-state index contributed by atoms with van der Waals surface area (Å²) in [6.07, 6.45) is 0.977. The Kier molecular flexibility index (Phi) is 4.23. The van der Waals surface area contributed by atoms with Crippen LogP contribution in [0.15, 0.2) is 48.5 Å². The van der Waals surface area contributed by atoms with Gasteiger partial charge < -0.3 is 5.11 Å². The summed E-state index contributed by atoms with van der Waals surface area (Å²) in [7, 11) is 0. The lowest BCUT2D eigenvalue weighted by Crippen LogP contribution is -2.30. The molecule has 1 nitrogen and oxygen atoms in total. The number of halogens is 2. The molecule has 0 aliphatic rings. The molecule has 2 rings (SSSR count). The molecule has 1 atom stereocenters. The van der Waals surface area contributed by atoms with Gasteiger partial charge in [0.15, 0.2) is 0 Å². The maximum Gasteiger partial charge on any atom is 0.141 e. The molecule has 100 valence electrons. The van der Waals surface area contributed by atoms with E-state index in [0.29, 0.717) is 12.8 Å². The Balaban J connectivity index is 2.10. The SMILES string of the molecule is CC(O)(Cc1ccccc1)Cc1ccc(F)c(Cl)c1. The van der Waals surface area contributed by atoms with Crippen LogP contribution in [0.4, 0.5) is 4.39 Å². The predicted molar refractivity (Wildman–Crippen MR) is 75.9 cm³/mol. The van der Waals surface area contributed by atoms with Gasteiger partial charge >= 0.3 is 0 Å². The molecule has 19 heavy (non-hydrogen) atoms. The molecule has 1 unspecified atom stereocenters. The Morgan fingerprint density at radius 2 is 1.68 bits per heavy atom. The van der Waals surface area contributed by atoms with E-state index in [0.717, 1.165) is 11.1 Å². The summed E-state index contributed by atoms with van der Waals surface area (Å²) in [4.78, 5) is 0. The maximum atomic E-state index is 13.1. The van der Waals surface area contributed by atoms with Gasteiger partial charge in [0.1, 0.15) is 5.82 Å². The van der Waals surface area contributed by atoms with Crippen molar-refractivity contribution in [1.29, 1.82) is 0 Å². The van der Waals surface area contributed by atoms with E-state index in [1.54, 1.807) is 19.1 Å².